The molecule has 2 heterocycles. The van der Waals surface area contributed by atoms with Crippen molar-refractivity contribution in [1.29, 1.82) is 0 Å². The summed E-state index contributed by atoms with van der Waals surface area (Å²) in [6.07, 6.45) is 2.52. The van der Waals surface area contributed by atoms with Crippen LogP contribution in [0.1, 0.15) is 38.7 Å². The minimum absolute atomic E-state index is 0.0582. The van der Waals surface area contributed by atoms with Crippen LogP contribution in [0.3, 0.4) is 0 Å². The third-order valence-electron chi connectivity index (χ3n) is 5.77. The predicted octanol–water partition coefficient (Wildman–Crippen LogP) is 2.45. The Labute approximate surface area is 151 Å². The molecule has 25 heavy (non-hydrogen) atoms. The Morgan fingerprint density at radius 2 is 1.96 bits per heavy atom. The standard InChI is InChI=1S/C20H31N3O2/c1-15-12-19(14-23(15)13-17-6-4-3-5-7-17)21-20(25)22-10-8-18(9-11-22)16(2)24/h3-7,15-16,18-19,24H,8-14H2,1-2H3,(H,21,25). The number of nitrogens with zero attached hydrogens (tertiary/aromatic N) is 2. The first-order valence-electron chi connectivity index (χ1n) is 9.54. The third kappa shape index (κ3) is 4.73. The fourth-order valence-corrected chi connectivity index (χ4v) is 4.09. The normalized spacial score (nSPS) is 26.6. The number of aliphatic hydroxyl groups is 1. The lowest BCUT2D eigenvalue weighted by Crippen LogP contribution is -2.49. The van der Waals surface area contributed by atoms with Crippen molar-refractivity contribution in [2.45, 2.75) is 57.8 Å². The van der Waals surface area contributed by atoms with E-state index in [0.29, 0.717) is 12.0 Å². The molecule has 3 atom stereocenters. The summed E-state index contributed by atoms with van der Waals surface area (Å²) in [6.45, 7) is 7.43. The predicted molar refractivity (Wildman–Crippen MR) is 99.2 cm³/mol. The van der Waals surface area contributed by atoms with Gasteiger partial charge in [-0.15, -0.1) is 0 Å². The summed E-state index contributed by atoms with van der Waals surface area (Å²) in [5.41, 5.74) is 1.32. The summed E-state index contributed by atoms with van der Waals surface area (Å²) < 4.78 is 0. The molecule has 2 aliphatic rings. The lowest BCUT2D eigenvalue weighted by Gasteiger charge is -2.34. The second-order valence-electron chi connectivity index (χ2n) is 7.71. The molecule has 0 spiro atoms. The van der Waals surface area contributed by atoms with Crippen LogP contribution in [0.25, 0.3) is 0 Å². The van der Waals surface area contributed by atoms with Crippen LogP contribution in [-0.2, 0) is 6.54 Å². The molecule has 3 rings (SSSR count). The number of amides is 2. The van der Waals surface area contributed by atoms with Gasteiger partial charge in [0.25, 0.3) is 0 Å². The van der Waals surface area contributed by atoms with Crippen molar-refractivity contribution >= 4 is 6.03 Å². The fraction of sp³-hybridized carbons (Fsp3) is 0.650. The smallest absolute Gasteiger partial charge is 0.317 e. The number of aliphatic hydroxyl groups excluding tert-OH is 1. The van der Waals surface area contributed by atoms with Crippen molar-refractivity contribution in [2.24, 2.45) is 5.92 Å². The van der Waals surface area contributed by atoms with E-state index in [1.165, 1.54) is 5.56 Å². The van der Waals surface area contributed by atoms with Crippen molar-refractivity contribution in [3.8, 4) is 0 Å². The van der Waals surface area contributed by atoms with Crippen LogP contribution >= 0.6 is 0 Å². The van der Waals surface area contributed by atoms with E-state index >= 15 is 0 Å². The number of carbonyl (C=O) groups is 1. The maximum Gasteiger partial charge on any atom is 0.317 e. The van der Waals surface area contributed by atoms with E-state index in [2.05, 4.69) is 41.4 Å². The van der Waals surface area contributed by atoms with E-state index in [1.54, 1.807) is 0 Å². The molecule has 5 heteroatoms. The largest absolute Gasteiger partial charge is 0.393 e. The molecule has 1 aromatic rings. The van der Waals surface area contributed by atoms with Gasteiger partial charge < -0.3 is 15.3 Å². The summed E-state index contributed by atoms with van der Waals surface area (Å²) in [7, 11) is 0. The summed E-state index contributed by atoms with van der Waals surface area (Å²) in [5.74, 6) is 0.330. The minimum atomic E-state index is -0.271. The molecular formula is C20H31N3O2. The Bertz CT molecular complexity index is 555. The molecule has 2 aliphatic heterocycles. The first-order chi connectivity index (χ1) is 12.0. The van der Waals surface area contributed by atoms with E-state index in [9.17, 15) is 9.90 Å². The summed E-state index contributed by atoms with van der Waals surface area (Å²) in [6, 6.07) is 11.3. The molecule has 138 valence electrons. The summed E-state index contributed by atoms with van der Waals surface area (Å²) >= 11 is 0. The molecule has 3 unspecified atom stereocenters. The topological polar surface area (TPSA) is 55.8 Å². The van der Waals surface area contributed by atoms with Crippen molar-refractivity contribution in [3.05, 3.63) is 35.9 Å². The maximum absolute atomic E-state index is 12.5. The van der Waals surface area contributed by atoms with Gasteiger partial charge in [-0.05, 0) is 44.6 Å². The highest BCUT2D eigenvalue weighted by molar-refractivity contribution is 5.74. The number of piperidine rings is 1. The molecule has 1 aromatic carbocycles. The number of rotatable bonds is 4. The zero-order valence-electron chi connectivity index (χ0n) is 15.4. The summed E-state index contributed by atoms with van der Waals surface area (Å²) in [5, 5.41) is 12.9. The van der Waals surface area contributed by atoms with Gasteiger partial charge in [-0.1, -0.05) is 30.3 Å². The quantitative estimate of drug-likeness (QED) is 0.881. The number of carbonyl (C=O) groups excluding carboxylic acids is 1. The van der Waals surface area contributed by atoms with Crippen LogP contribution in [-0.4, -0.2) is 58.8 Å². The van der Waals surface area contributed by atoms with Crippen LogP contribution in [0, 0.1) is 5.92 Å². The van der Waals surface area contributed by atoms with Crippen LogP contribution in [0.2, 0.25) is 0 Å². The van der Waals surface area contributed by atoms with E-state index in [0.717, 1.165) is 45.4 Å². The molecule has 0 radical (unpaired) electrons. The molecular weight excluding hydrogens is 314 g/mol. The Morgan fingerprint density at radius 1 is 1.28 bits per heavy atom. The Kier molecular flexibility index (Phi) is 5.97. The Morgan fingerprint density at radius 3 is 2.60 bits per heavy atom. The number of hydrogen-bond acceptors (Lipinski definition) is 3. The molecule has 2 N–H and O–H groups in total. The van der Waals surface area contributed by atoms with Gasteiger partial charge in [0, 0.05) is 38.3 Å². The third-order valence-corrected chi connectivity index (χ3v) is 5.77. The van der Waals surface area contributed by atoms with E-state index in [4.69, 9.17) is 0 Å². The van der Waals surface area contributed by atoms with Gasteiger partial charge in [-0.3, -0.25) is 4.90 Å². The van der Waals surface area contributed by atoms with Crippen LogP contribution < -0.4 is 5.32 Å². The monoisotopic (exact) mass is 345 g/mol. The molecule has 5 nitrogen and oxygen atoms in total. The van der Waals surface area contributed by atoms with Crippen molar-refractivity contribution in [2.75, 3.05) is 19.6 Å². The van der Waals surface area contributed by atoms with E-state index < -0.39 is 0 Å². The Balaban J connectivity index is 1.46. The second-order valence-corrected chi connectivity index (χ2v) is 7.71. The molecule has 0 aromatic heterocycles. The Hall–Kier alpha value is -1.59. The van der Waals surface area contributed by atoms with Gasteiger partial charge in [-0.2, -0.15) is 0 Å². The van der Waals surface area contributed by atoms with Gasteiger partial charge in [0.2, 0.25) is 0 Å². The van der Waals surface area contributed by atoms with Gasteiger partial charge in [-0.25, -0.2) is 4.79 Å². The number of benzene rings is 1. The number of nitrogens with one attached hydrogen (secondary N) is 1. The van der Waals surface area contributed by atoms with Gasteiger partial charge >= 0.3 is 6.03 Å². The molecule has 0 aliphatic carbocycles. The molecule has 0 saturated carbocycles. The van der Waals surface area contributed by atoms with Crippen molar-refractivity contribution in [1.82, 2.24) is 15.1 Å². The molecule has 2 amide bonds. The van der Waals surface area contributed by atoms with Crippen molar-refractivity contribution in [3.63, 3.8) is 0 Å². The molecule has 2 saturated heterocycles. The van der Waals surface area contributed by atoms with Crippen LogP contribution in [0.4, 0.5) is 4.79 Å². The number of urea groups is 1. The first kappa shape index (κ1) is 18.2. The number of hydrogen-bond donors (Lipinski definition) is 2. The van der Waals surface area contributed by atoms with Crippen molar-refractivity contribution < 1.29 is 9.90 Å². The zero-order chi connectivity index (χ0) is 17.8. The van der Waals surface area contributed by atoms with E-state index in [-0.39, 0.29) is 18.2 Å². The minimum Gasteiger partial charge on any atom is -0.393 e. The van der Waals surface area contributed by atoms with Crippen LogP contribution in [0.15, 0.2) is 30.3 Å². The highest BCUT2D eigenvalue weighted by Gasteiger charge is 2.32. The SMILES string of the molecule is CC(O)C1CCN(C(=O)NC2CC(C)N(Cc3ccccc3)C2)CC1. The average Bonchev–Trinajstić information content (AvgIpc) is 2.95. The van der Waals surface area contributed by atoms with E-state index in [1.807, 2.05) is 17.9 Å². The van der Waals surface area contributed by atoms with Gasteiger partial charge in [0.15, 0.2) is 0 Å². The fourth-order valence-electron chi connectivity index (χ4n) is 4.09. The van der Waals surface area contributed by atoms with Crippen LogP contribution in [0.5, 0.6) is 0 Å². The van der Waals surface area contributed by atoms with Gasteiger partial charge in [0.05, 0.1) is 6.10 Å². The number of likely N-dealkylation sites (tertiary alicyclic amines) is 2. The van der Waals surface area contributed by atoms with Gasteiger partial charge in [0.1, 0.15) is 0 Å². The lowest BCUT2D eigenvalue weighted by atomic mass is 9.92. The highest BCUT2D eigenvalue weighted by Crippen LogP contribution is 2.22. The second kappa shape index (κ2) is 8.19. The first-order valence-corrected chi connectivity index (χ1v) is 9.54. The lowest BCUT2D eigenvalue weighted by molar-refractivity contribution is 0.0793. The average molecular weight is 345 g/mol. The maximum atomic E-state index is 12.5. The summed E-state index contributed by atoms with van der Waals surface area (Å²) in [4.78, 5) is 16.9. The molecule has 2 fully saturated rings. The highest BCUT2D eigenvalue weighted by atomic mass is 16.3. The zero-order valence-corrected chi connectivity index (χ0v) is 15.4. The molecule has 0 bridgehead atoms.